The van der Waals surface area contributed by atoms with Crippen molar-refractivity contribution in [1.82, 2.24) is 4.98 Å². The van der Waals surface area contributed by atoms with Gasteiger partial charge in [-0.25, -0.2) is 9.37 Å². The van der Waals surface area contributed by atoms with Gasteiger partial charge in [-0.05, 0) is 30.3 Å². The van der Waals surface area contributed by atoms with Gasteiger partial charge in [0, 0.05) is 0 Å². The third-order valence-corrected chi connectivity index (χ3v) is 2.75. The SMILES string of the molecule is COc1ccc(F)cc1C(=O)c1ccc(Cl)nc1N. The molecule has 0 spiro atoms. The minimum absolute atomic E-state index is 0.0104. The second-order valence-electron chi connectivity index (χ2n) is 3.74. The fourth-order valence-corrected chi connectivity index (χ4v) is 1.80. The van der Waals surface area contributed by atoms with E-state index in [2.05, 4.69) is 4.98 Å². The van der Waals surface area contributed by atoms with E-state index in [4.69, 9.17) is 22.1 Å². The lowest BCUT2D eigenvalue weighted by Gasteiger charge is -2.09. The molecular weight excluding hydrogens is 271 g/mol. The largest absolute Gasteiger partial charge is 0.496 e. The molecule has 2 N–H and O–H groups in total. The lowest BCUT2D eigenvalue weighted by molar-refractivity contribution is 0.103. The summed E-state index contributed by atoms with van der Waals surface area (Å²) < 4.78 is 18.3. The maximum Gasteiger partial charge on any atom is 0.200 e. The number of halogens is 2. The van der Waals surface area contributed by atoms with Crippen LogP contribution >= 0.6 is 11.6 Å². The van der Waals surface area contributed by atoms with Gasteiger partial charge in [-0.2, -0.15) is 0 Å². The van der Waals surface area contributed by atoms with Crippen LogP contribution in [0.2, 0.25) is 5.15 Å². The summed E-state index contributed by atoms with van der Waals surface area (Å²) in [5.74, 6) is -0.757. The minimum atomic E-state index is -0.537. The zero-order chi connectivity index (χ0) is 14.0. The van der Waals surface area contributed by atoms with Crippen molar-refractivity contribution in [2.24, 2.45) is 0 Å². The molecule has 0 amide bonds. The molecule has 0 fully saturated rings. The number of benzene rings is 1. The van der Waals surface area contributed by atoms with E-state index < -0.39 is 11.6 Å². The predicted molar refractivity (Wildman–Crippen MR) is 70.0 cm³/mol. The number of carbonyl (C=O) groups excluding carboxylic acids is 1. The van der Waals surface area contributed by atoms with E-state index in [-0.39, 0.29) is 27.8 Å². The highest BCUT2D eigenvalue weighted by Crippen LogP contribution is 2.25. The molecule has 1 heterocycles. The first-order valence-electron chi connectivity index (χ1n) is 5.33. The number of nitrogens with two attached hydrogens (primary N) is 1. The van der Waals surface area contributed by atoms with Gasteiger partial charge in [-0.15, -0.1) is 0 Å². The summed E-state index contributed by atoms with van der Waals surface area (Å²) in [4.78, 5) is 16.1. The fraction of sp³-hybridized carbons (Fsp3) is 0.0769. The lowest BCUT2D eigenvalue weighted by Crippen LogP contribution is -2.09. The van der Waals surface area contributed by atoms with Gasteiger partial charge < -0.3 is 10.5 Å². The van der Waals surface area contributed by atoms with Crippen LogP contribution in [0.25, 0.3) is 0 Å². The molecule has 2 rings (SSSR count). The normalized spacial score (nSPS) is 10.3. The predicted octanol–water partition coefficient (Wildman–Crippen LogP) is 2.70. The average Bonchev–Trinajstić information content (AvgIpc) is 2.38. The second kappa shape index (κ2) is 5.24. The van der Waals surface area contributed by atoms with E-state index in [1.54, 1.807) is 0 Å². The van der Waals surface area contributed by atoms with Crippen LogP contribution in [-0.2, 0) is 0 Å². The monoisotopic (exact) mass is 280 g/mol. The summed E-state index contributed by atoms with van der Waals surface area (Å²) in [7, 11) is 1.40. The van der Waals surface area contributed by atoms with E-state index in [0.717, 1.165) is 6.07 Å². The van der Waals surface area contributed by atoms with Crippen molar-refractivity contribution in [2.75, 3.05) is 12.8 Å². The van der Waals surface area contributed by atoms with E-state index in [0.29, 0.717) is 0 Å². The molecule has 0 atom stereocenters. The van der Waals surface area contributed by atoms with Crippen LogP contribution in [0.5, 0.6) is 5.75 Å². The number of anilines is 1. The first-order chi connectivity index (χ1) is 9.02. The number of aromatic nitrogens is 1. The molecule has 0 aliphatic carbocycles. The Hall–Kier alpha value is -2.14. The number of nitrogens with zero attached hydrogens (tertiary/aromatic N) is 1. The number of rotatable bonds is 3. The van der Waals surface area contributed by atoms with E-state index in [9.17, 15) is 9.18 Å². The van der Waals surface area contributed by atoms with E-state index in [1.807, 2.05) is 0 Å². The molecule has 0 unspecified atom stereocenters. The number of hydrogen-bond acceptors (Lipinski definition) is 4. The van der Waals surface area contributed by atoms with Crippen molar-refractivity contribution in [3.63, 3.8) is 0 Å². The summed E-state index contributed by atoms with van der Waals surface area (Å²) in [5.41, 5.74) is 5.87. The van der Waals surface area contributed by atoms with Crippen LogP contribution in [-0.4, -0.2) is 17.9 Å². The number of carbonyl (C=O) groups is 1. The van der Waals surface area contributed by atoms with E-state index >= 15 is 0 Å². The molecule has 4 nitrogen and oxygen atoms in total. The van der Waals surface area contributed by atoms with Crippen LogP contribution in [0.1, 0.15) is 15.9 Å². The number of nitrogen functional groups attached to an aromatic ring is 1. The highest BCUT2D eigenvalue weighted by molar-refractivity contribution is 6.29. The van der Waals surface area contributed by atoms with Gasteiger partial charge in [0.25, 0.3) is 0 Å². The molecule has 0 aliphatic rings. The van der Waals surface area contributed by atoms with E-state index in [1.165, 1.54) is 31.4 Å². The Labute approximate surface area is 114 Å². The second-order valence-corrected chi connectivity index (χ2v) is 4.13. The Morgan fingerprint density at radius 1 is 1.32 bits per heavy atom. The van der Waals surface area contributed by atoms with Crippen molar-refractivity contribution in [2.45, 2.75) is 0 Å². The topological polar surface area (TPSA) is 65.2 Å². The summed E-state index contributed by atoms with van der Waals surface area (Å²) >= 11 is 5.66. The lowest BCUT2D eigenvalue weighted by atomic mass is 10.0. The molecule has 0 saturated heterocycles. The summed E-state index contributed by atoms with van der Waals surface area (Å²) in [6.07, 6.45) is 0. The number of hydrogen-bond donors (Lipinski definition) is 1. The molecule has 0 bridgehead atoms. The molecule has 0 aliphatic heterocycles. The maximum absolute atomic E-state index is 13.2. The molecule has 19 heavy (non-hydrogen) atoms. The molecular formula is C13H10ClFN2O2. The Kier molecular flexibility index (Phi) is 3.66. The van der Waals surface area contributed by atoms with Gasteiger partial charge in [-0.3, -0.25) is 4.79 Å². The van der Waals surface area contributed by atoms with Crippen LogP contribution in [0, 0.1) is 5.82 Å². The Bertz CT molecular complexity index is 647. The third-order valence-electron chi connectivity index (χ3n) is 2.54. The molecule has 1 aromatic heterocycles. The van der Waals surface area contributed by atoms with Gasteiger partial charge in [0.05, 0.1) is 18.2 Å². The standard InChI is InChI=1S/C13H10ClFN2O2/c1-19-10-4-2-7(15)6-9(10)12(18)8-3-5-11(14)17-13(8)16/h2-6H,1H3,(H2,16,17). The molecule has 2 aromatic rings. The molecule has 0 saturated carbocycles. The number of pyridine rings is 1. The van der Waals surface area contributed by atoms with Crippen molar-refractivity contribution < 1.29 is 13.9 Å². The Morgan fingerprint density at radius 2 is 2.05 bits per heavy atom. The van der Waals surface area contributed by atoms with Crippen molar-refractivity contribution >= 4 is 23.2 Å². The third kappa shape index (κ3) is 2.66. The summed E-state index contributed by atoms with van der Waals surface area (Å²) in [6.45, 7) is 0. The summed E-state index contributed by atoms with van der Waals surface area (Å²) in [5, 5.41) is 0.181. The number of ketones is 1. The quantitative estimate of drug-likeness (QED) is 0.693. The Morgan fingerprint density at radius 3 is 2.68 bits per heavy atom. The molecule has 98 valence electrons. The van der Waals surface area contributed by atoms with Gasteiger partial charge in [0.1, 0.15) is 22.5 Å². The number of ether oxygens (including phenoxy) is 1. The Balaban J connectivity index is 2.52. The van der Waals surface area contributed by atoms with Gasteiger partial charge in [0.15, 0.2) is 0 Å². The van der Waals surface area contributed by atoms with Crippen molar-refractivity contribution in [1.29, 1.82) is 0 Å². The first-order valence-corrected chi connectivity index (χ1v) is 5.71. The molecule has 0 radical (unpaired) electrons. The van der Waals surface area contributed by atoms with Crippen LogP contribution < -0.4 is 10.5 Å². The highest BCUT2D eigenvalue weighted by atomic mass is 35.5. The van der Waals surface area contributed by atoms with Crippen LogP contribution in [0.4, 0.5) is 10.2 Å². The van der Waals surface area contributed by atoms with Crippen molar-refractivity contribution in [3.05, 3.63) is 52.4 Å². The highest BCUT2D eigenvalue weighted by Gasteiger charge is 2.18. The van der Waals surface area contributed by atoms with Gasteiger partial charge in [0.2, 0.25) is 5.78 Å². The zero-order valence-electron chi connectivity index (χ0n) is 9.98. The summed E-state index contributed by atoms with van der Waals surface area (Å²) in [6, 6.07) is 6.56. The molecule has 6 heteroatoms. The van der Waals surface area contributed by atoms with Crippen LogP contribution in [0.15, 0.2) is 30.3 Å². The minimum Gasteiger partial charge on any atom is -0.496 e. The first kappa shape index (κ1) is 13.3. The smallest absolute Gasteiger partial charge is 0.200 e. The van der Waals surface area contributed by atoms with Gasteiger partial charge in [-0.1, -0.05) is 11.6 Å². The number of methoxy groups -OCH3 is 1. The van der Waals surface area contributed by atoms with Crippen LogP contribution in [0.3, 0.4) is 0 Å². The van der Waals surface area contributed by atoms with Crippen molar-refractivity contribution in [3.8, 4) is 5.75 Å². The fourth-order valence-electron chi connectivity index (χ4n) is 1.64. The van der Waals surface area contributed by atoms with Gasteiger partial charge >= 0.3 is 0 Å². The maximum atomic E-state index is 13.2. The average molecular weight is 281 g/mol. The zero-order valence-corrected chi connectivity index (χ0v) is 10.7. The molecule has 1 aromatic carbocycles.